The number of rotatable bonds is 9. The second-order valence-electron chi connectivity index (χ2n) is 6.89. The molecule has 0 fully saturated rings. The van der Waals surface area contributed by atoms with Crippen molar-refractivity contribution in [2.75, 3.05) is 6.61 Å². The average Bonchev–Trinajstić information content (AvgIpc) is 2.78. The molecular weight excluding hydrogens is 406 g/mol. The Hall–Kier alpha value is -3.48. The van der Waals surface area contributed by atoms with Crippen LogP contribution in [0.1, 0.15) is 29.2 Å². The number of allylic oxidation sites excluding steroid dienone is 2. The van der Waals surface area contributed by atoms with Crippen LogP contribution in [-0.4, -0.2) is 6.61 Å². The van der Waals surface area contributed by atoms with Gasteiger partial charge in [0.2, 0.25) is 0 Å². The third kappa shape index (κ3) is 6.01. The smallest absolute Gasteiger partial charge is 0.165 e. The molecule has 0 spiro atoms. The van der Waals surface area contributed by atoms with Gasteiger partial charge >= 0.3 is 0 Å². The van der Waals surface area contributed by atoms with Gasteiger partial charge in [-0.1, -0.05) is 60.1 Å². The lowest BCUT2D eigenvalue weighted by Crippen LogP contribution is -2.03. The van der Waals surface area contributed by atoms with Crippen molar-refractivity contribution < 1.29 is 9.47 Å². The number of benzene rings is 3. The van der Waals surface area contributed by atoms with Gasteiger partial charge in [0.15, 0.2) is 11.5 Å². The molecule has 0 bridgehead atoms. The summed E-state index contributed by atoms with van der Waals surface area (Å²) in [5.74, 6) is 1.32. The predicted molar refractivity (Wildman–Crippen MR) is 127 cm³/mol. The van der Waals surface area contributed by atoms with Gasteiger partial charge in [0.05, 0.1) is 18.2 Å². The highest BCUT2D eigenvalue weighted by Gasteiger charge is 2.14. The number of nitrogens with zero attached hydrogens (tertiary/aromatic N) is 1. The van der Waals surface area contributed by atoms with E-state index in [-0.39, 0.29) is 0 Å². The number of halogens is 1. The van der Waals surface area contributed by atoms with Crippen LogP contribution in [0.2, 0.25) is 5.02 Å². The lowest BCUT2D eigenvalue weighted by atomic mass is 10.0. The Morgan fingerprint density at radius 1 is 1.06 bits per heavy atom. The zero-order valence-corrected chi connectivity index (χ0v) is 18.2. The molecule has 0 N–H and O–H groups in total. The molecule has 3 rings (SSSR count). The number of hydrogen-bond donors (Lipinski definition) is 0. The average molecular weight is 430 g/mol. The fourth-order valence-electron chi connectivity index (χ4n) is 3.25. The van der Waals surface area contributed by atoms with Crippen molar-refractivity contribution in [2.24, 2.45) is 0 Å². The molecule has 0 aromatic heterocycles. The van der Waals surface area contributed by atoms with Crippen molar-refractivity contribution in [3.05, 3.63) is 107 Å². The molecule has 0 saturated heterocycles. The maximum Gasteiger partial charge on any atom is 0.165 e. The molecule has 0 aliphatic heterocycles. The normalized spacial score (nSPS) is 10.9. The fourth-order valence-corrected chi connectivity index (χ4v) is 3.46. The van der Waals surface area contributed by atoms with E-state index in [2.05, 4.69) is 12.6 Å². The molecule has 0 unspecified atom stereocenters. The van der Waals surface area contributed by atoms with Gasteiger partial charge in [0.1, 0.15) is 6.61 Å². The summed E-state index contributed by atoms with van der Waals surface area (Å²) in [6.45, 7) is 6.67. The third-order valence-electron chi connectivity index (χ3n) is 4.61. The highest BCUT2D eigenvalue weighted by Crippen LogP contribution is 2.36. The van der Waals surface area contributed by atoms with Crippen LogP contribution < -0.4 is 9.47 Å². The Morgan fingerprint density at radius 2 is 1.87 bits per heavy atom. The monoisotopic (exact) mass is 429 g/mol. The SMILES string of the molecule is C=CCc1cc(/C=C(\C#N)c2ccccc2)cc(OCC)c1OCc1cccc(Cl)c1. The zero-order valence-electron chi connectivity index (χ0n) is 17.5. The summed E-state index contributed by atoms with van der Waals surface area (Å²) in [6, 6.07) is 23.4. The Kier molecular flexibility index (Phi) is 7.92. The summed E-state index contributed by atoms with van der Waals surface area (Å²) in [7, 11) is 0. The van der Waals surface area contributed by atoms with Crippen LogP contribution in [0.15, 0.2) is 79.4 Å². The molecular formula is C27H24ClNO2. The van der Waals surface area contributed by atoms with Crippen LogP contribution in [-0.2, 0) is 13.0 Å². The van der Waals surface area contributed by atoms with E-state index in [0.717, 1.165) is 22.3 Å². The first-order valence-corrected chi connectivity index (χ1v) is 10.5. The van der Waals surface area contributed by atoms with Crippen molar-refractivity contribution in [1.29, 1.82) is 5.26 Å². The number of ether oxygens (including phenoxy) is 2. The Bertz CT molecular complexity index is 1110. The minimum Gasteiger partial charge on any atom is -0.490 e. The molecule has 0 saturated carbocycles. The van der Waals surface area contributed by atoms with Gasteiger partial charge in [-0.2, -0.15) is 5.26 Å². The van der Waals surface area contributed by atoms with Crippen molar-refractivity contribution in [1.82, 2.24) is 0 Å². The Labute approximate surface area is 188 Å². The summed E-state index contributed by atoms with van der Waals surface area (Å²) in [6.07, 6.45) is 4.30. The van der Waals surface area contributed by atoms with Crippen molar-refractivity contribution in [2.45, 2.75) is 20.0 Å². The van der Waals surface area contributed by atoms with E-state index in [1.165, 1.54) is 0 Å². The van der Waals surface area contributed by atoms with E-state index >= 15 is 0 Å². The third-order valence-corrected chi connectivity index (χ3v) is 4.84. The minimum absolute atomic E-state index is 0.368. The molecule has 0 aliphatic rings. The van der Waals surface area contributed by atoms with Crippen molar-refractivity contribution in [3.8, 4) is 17.6 Å². The molecule has 4 heteroatoms. The predicted octanol–water partition coefficient (Wildman–Crippen LogP) is 7.11. The Morgan fingerprint density at radius 3 is 2.55 bits per heavy atom. The van der Waals surface area contributed by atoms with Gasteiger partial charge in [-0.3, -0.25) is 0 Å². The van der Waals surface area contributed by atoms with Crippen molar-refractivity contribution >= 4 is 23.3 Å². The number of hydrogen-bond acceptors (Lipinski definition) is 3. The van der Waals surface area contributed by atoms with E-state index < -0.39 is 0 Å². The number of nitriles is 1. The highest BCUT2D eigenvalue weighted by atomic mass is 35.5. The molecule has 0 radical (unpaired) electrons. The van der Waals surface area contributed by atoms with Gasteiger partial charge in [0, 0.05) is 10.6 Å². The minimum atomic E-state index is 0.368. The molecule has 0 amide bonds. The molecule has 156 valence electrons. The van der Waals surface area contributed by atoms with Gasteiger partial charge in [-0.15, -0.1) is 6.58 Å². The second-order valence-corrected chi connectivity index (χ2v) is 7.32. The van der Waals surface area contributed by atoms with E-state index in [4.69, 9.17) is 21.1 Å². The summed E-state index contributed by atoms with van der Waals surface area (Å²) < 4.78 is 12.1. The second kappa shape index (κ2) is 11.1. The van der Waals surface area contributed by atoms with Crippen LogP contribution in [0.25, 0.3) is 11.6 Å². The quantitative estimate of drug-likeness (QED) is 0.207. The molecule has 0 atom stereocenters. The van der Waals surface area contributed by atoms with Gasteiger partial charge < -0.3 is 9.47 Å². The first kappa shape index (κ1) is 22.2. The molecule has 31 heavy (non-hydrogen) atoms. The van der Waals surface area contributed by atoms with Crippen LogP contribution in [0.4, 0.5) is 0 Å². The summed E-state index contributed by atoms with van der Waals surface area (Å²) in [5, 5.41) is 10.3. The van der Waals surface area contributed by atoms with Crippen LogP contribution in [0, 0.1) is 11.3 Å². The Balaban J connectivity index is 2.00. The van der Waals surface area contributed by atoms with E-state index in [1.54, 1.807) is 0 Å². The maximum atomic E-state index is 9.67. The first-order valence-electron chi connectivity index (χ1n) is 10.1. The van der Waals surface area contributed by atoms with Crippen LogP contribution >= 0.6 is 11.6 Å². The molecule has 3 aromatic rings. The largest absolute Gasteiger partial charge is 0.490 e. The van der Waals surface area contributed by atoms with Gasteiger partial charge in [-0.05, 0) is 60.4 Å². The zero-order chi connectivity index (χ0) is 22.1. The van der Waals surface area contributed by atoms with E-state index in [1.807, 2.05) is 85.8 Å². The summed E-state index contributed by atoms with van der Waals surface area (Å²) in [4.78, 5) is 0. The highest BCUT2D eigenvalue weighted by molar-refractivity contribution is 6.30. The molecule has 3 aromatic carbocycles. The van der Waals surface area contributed by atoms with E-state index in [9.17, 15) is 5.26 Å². The summed E-state index contributed by atoms with van der Waals surface area (Å²) in [5.41, 5.74) is 4.24. The standard InChI is InChI=1S/C27H24ClNO2/c1-3-9-23-14-21(15-24(18-29)22-11-6-5-7-12-22)17-26(30-4-2)27(23)31-19-20-10-8-13-25(28)16-20/h3,5-8,10-17H,1,4,9,19H2,2H3/b24-15+. The lowest BCUT2D eigenvalue weighted by molar-refractivity contribution is 0.267. The van der Waals surface area contributed by atoms with Gasteiger partial charge in [0.25, 0.3) is 0 Å². The summed E-state index contributed by atoms with van der Waals surface area (Å²) >= 11 is 6.10. The first-order chi connectivity index (χ1) is 15.1. The topological polar surface area (TPSA) is 42.2 Å². The fraction of sp³-hybridized carbons (Fsp3) is 0.148. The lowest BCUT2D eigenvalue weighted by Gasteiger charge is -2.17. The maximum absolute atomic E-state index is 9.67. The van der Waals surface area contributed by atoms with Crippen molar-refractivity contribution in [3.63, 3.8) is 0 Å². The van der Waals surface area contributed by atoms with Crippen LogP contribution in [0.3, 0.4) is 0 Å². The molecule has 0 aliphatic carbocycles. The van der Waals surface area contributed by atoms with Crippen LogP contribution in [0.5, 0.6) is 11.5 Å². The van der Waals surface area contributed by atoms with E-state index in [0.29, 0.717) is 41.7 Å². The molecule has 0 heterocycles. The molecule has 3 nitrogen and oxygen atoms in total. The van der Waals surface area contributed by atoms with Gasteiger partial charge in [-0.25, -0.2) is 0 Å².